The third kappa shape index (κ3) is 2.77. The minimum Gasteiger partial charge on any atom is -0.350 e. The smallest absolute Gasteiger partial charge is 0.325 e. The molecule has 1 fully saturated rings. The van der Waals surface area contributed by atoms with Crippen LogP contribution < -0.4 is 10.6 Å². The van der Waals surface area contributed by atoms with Gasteiger partial charge in [-0.2, -0.15) is 0 Å². The minimum absolute atomic E-state index is 0.258. The van der Waals surface area contributed by atoms with Gasteiger partial charge in [-0.15, -0.1) is 0 Å². The summed E-state index contributed by atoms with van der Waals surface area (Å²) in [5.74, 6) is -0.671. The predicted octanol–water partition coefficient (Wildman–Crippen LogP) is 1.68. The Morgan fingerprint density at radius 3 is 2.71 bits per heavy atom. The molecule has 2 aliphatic rings. The molecule has 6 heteroatoms. The van der Waals surface area contributed by atoms with Gasteiger partial charge < -0.3 is 10.6 Å². The monoisotopic (exact) mass is 329 g/mol. The zero-order valence-electron chi connectivity index (χ0n) is 14.3. The molecule has 4 amide bonds. The summed E-state index contributed by atoms with van der Waals surface area (Å²) in [5.41, 5.74) is 0.506. The standard InChI is InChI=1S/C18H23N3O3/c1-17(2,3)19-14(22)11-21-15(23)18(20-16(21)24)10-6-8-12-7-4-5-9-13(12)18/h4-5,7,9H,6,8,10-11H2,1-3H3,(H,19,22)(H,20,24)/t18-/m0/s1. The van der Waals surface area contributed by atoms with Gasteiger partial charge in [0.15, 0.2) is 0 Å². The van der Waals surface area contributed by atoms with Gasteiger partial charge in [-0.05, 0) is 51.2 Å². The van der Waals surface area contributed by atoms with Gasteiger partial charge in [-0.25, -0.2) is 4.79 Å². The van der Waals surface area contributed by atoms with E-state index in [2.05, 4.69) is 10.6 Å². The summed E-state index contributed by atoms with van der Waals surface area (Å²) < 4.78 is 0. The van der Waals surface area contributed by atoms with E-state index in [1.165, 1.54) is 0 Å². The summed E-state index contributed by atoms with van der Waals surface area (Å²) in [6.45, 7) is 5.31. The number of imide groups is 1. The molecule has 1 aliphatic heterocycles. The molecule has 0 unspecified atom stereocenters. The number of aryl methyl sites for hydroxylation is 1. The molecule has 128 valence electrons. The van der Waals surface area contributed by atoms with E-state index in [0.29, 0.717) is 6.42 Å². The fourth-order valence-electron chi connectivity index (χ4n) is 3.56. The van der Waals surface area contributed by atoms with Gasteiger partial charge in [0.05, 0.1) is 0 Å². The number of rotatable bonds is 2. The van der Waals surface area contributed by atoms with Crippen LogP contribution in [-0.4, -0.2) is 34.8 Å². The Hall–Kier alpha value is -2.37. The average Bonchev–Trinajstić information content (AvgIpc) is 2.71. The molecule has 0 saturated carbocycles. The van der Waals surface area contributed by atoms with E-state index >= 15 is 0 Å². The molecule has 1 atom stereocenters. The van der Waals surface area contributed by atoms with E-state index < -0.39 is 17.1 Å². The largest absolute Gasteiger partial charge is 0.350 e. The third-order valence-electron chi connectivity index (χ3n) is 4.47. The van der Waals surface area contributed by atoms with Crippen molar-refractivity contribution < 1.29 is 14.4 Å². The molecule has 6 nitrogen and oxygen atoms in total. The fraction of sp³-hybridized carbons (Fsp3) is 0.500. The van der Waals surface area contributed by atoms with Crippen LogP contribution >= 0.6 is 0 Å². The number of benzene rings is 1. The molecule has 1 aromatic rings. The van der Waals surface area contributed by atoms with Crippen molar-refractivity contribution in [3.8, 4) is 0 Å². The normalized spacial score (nSPS) is 23.2. The second kappa shape index (κ2) is 5.61. The average molecular weight is 329 g/mol. The van der Waals surface area contributed by atoms with Gasteiger partial charge in [0.2, 0.25) is 5.91 Å². The quantitative estimate of drug-likeness (QED) is 0.811. The van der Waals surface area contributed by atoms with E-state index in [-0.39, 0.29) is 18.4 Å². The third-order valence-corrected chi connectivity index (χ3v) is 4.47. The Labute approximate surface area is 141 Å². The van der Waals surface area contributed by atoms with Gasteiger partial charge in [0.25, 0.3) is 5.91 Å². The van der Waals surface area contributed by atoms with Crippen molar-refractivity contribution in [1.29, 1.82) is 0 Å². The Morgan fingerprint density at radius 2 is 2.00 bits per heavy atom. The first-order valence-corrected chi connectivity index (χ1v) is 8.26. The number of hydrogen-bond donors (Lipinski definition) is 2. The number of fused-ring (bicyclic) bond motifs is 2. The highest BCUT2D eigenvalue weighted by atomic mass is 16.2. The topological polar surface area (TPSA) is 78.5 Å². The van der Waals surface area contributed by atoms with E-state index in [1.807, 2.05) is 45.0 Å². The number of hydrogen-bond acceptors (Lipinski definition) is 3. The summed E-state index contributed by atoms with van der Waals surface area (Å²) in [4.78, 5) is 38.6. The van der Waals surface area contributed by atoms with Gasteiger partial charge >= 0.3 is 6.03 Å². The lowest BCUT2D eigenvalue weighted by Crippen LogP contribution is -2.49. The van der Waals surface area contributed by atoms with Crippen molar-refractivity contribution in [2.45, 2.75) is 51.1 Å². The molecule has 3 rings (SSSR count). The maximum absolute atomic E-state index is 13.0. The molecule has 0 aromatic heterocycles. The van der Waals surface area contributed by atoms with Crippen molar-refractivity contribution in [3.63, 3.8) is 0 Å². The lowest BCUT2D eigenvalue weighted by Gasteiger charge is -2.33. The Kier molecular flexibility index (Phi) is 3.86. The van der Waals surface area contributed by atoms with E-state index in [9.17, 15) is 14.4 Å². The second-order valence-electron chi connectivity index (χ2n) is 7.54. The number of nitrogens with zero attached hydrogens (tertiary/aromatic N) is 1. The molecule has 0 bridgehead atoms. The first-order chi connectivity index (χ1) is 11.2. The summed E-state index contributed by atoms with van der Waals surface area (Å²) in [6.07, 6.45) is 2.28. The highest BCUT2D eigenvalue weighted by Gasteiger charge is 2.54. The van der Waals surface area contributed by atoms with Gasteiger partial charge in [0.1, 0.15) is 12.1 Å². The zero-order valence-corrected chi connectivity index (χ0v) is 14.3. The first kappa shape index (κ1) is 16.5. The Bertz CT molecular complexity index is 708. The number of carbonyl (C=O) groups is 3. The van der Waals surface area contributed by atoms with Crippen LogP contribution in [0.15, 0.2) is 24.3 Å². The predicted molar refractivity (Wildman–Crippen MR) is 89.2 cm³/mol. The lowest BCUT2D eigenvalue weighted by atomic mass is 9.76. The van der Waals surface area contributed by atoms with Crippen LogP contribution in [0.1, 0.15) is 44.7 Å². The molecule has 1 aromatic carbocycles. The van der Waals surface area contributed by atoms with Crippen LogP contribution in [0, 0.1) is 0 Å². The molecule has 24 heavy (non-hydrogen) atoms. The number of urea groups is 1. The summed E-state index contributed by atoms with van der Waals surface area (Å²) >= 11 is 0. The van der Waals surface area contributed by atoms with Crippen LogP contribution in [0.5, 0.6) is 0 Å². The molecule has 1 spiro atoms. The van der Waals surface area contributed by atoms with Gasteiger partial charge in [0, 0.05) is 5.54 Å². The van der Waals surface area contributed by atoms with Crippen molar-refractivity contribution in [3.05, 3.63) is 35.4 Å². The number of amides is 4. The highest BCUT2D eigenvalue weighted by molar-refractivity contribution is 6.09. The van der Waals surface area contributed by atoms with E-state index in [0.717, 1.165) is 28.9 Å². The van der Waals surface area contributed by atoms with Crippen LogP contribution in [0.3, 0.4) is 0 Å². The van der Waals surface area contributed by atoms with Gasteiger partial charge in [-0.1, -0.05) is 24.3 Å². The molecule has 2 N–H and O–H groups in total. The summed E-state index contributed by atoms with van der Waals surface area (Å²) in [5, 5.41) is 5.64. The molecule has 0 radical (unpaired) electrons. The highest BCUT2D eigenvalue weighted by Crippen LogP contribution is 2.39. The number of nitrogens with one attached hydrogen (secondary N) is 2. The second-order valence-corrected chi connectivity index (χ2v) is 7.54. The van der Waals surface area contributed by atoms with E-state index in [4.69, 9.17) is 0 Å². The van der Waals surface area contributed by atoms with E-state index in [1.54, 1.807) is 0 Å². The van der Waals surface area contributed by atoms with Crippen LogP contribution in [0.2, 0.25) is 0 Å². The van der Waals surface area contributed by atoms with Crippen molar-refractivity contribution in [1.82, 2.24) is 15.5 Å². The molecule has 1 heterocycles. The van der Waals surface area contributed by atoms with Crippen LogP contribution in [-0.2, 0) is 21.5 Å². The summed E-state index contributed by atoms with van der Waals surface area (Å²) in [7, 11) is 0. The number of carbonyl (C=O) groups excluding carboxylic acids is 3. The maximum atomic E-state index is 13.0. The Morgan fingerprint density at radius 1 is 1.29 bits per heavy atom. The van der Waals surface area contributed by atoms with Crippen molar-refractivity contribution in [2.75, 3.05) is 6.54 Å². The van der Waals surface area contributed by atoms with Crippen molar-refractivity contribution in [2.24, 2.45) is 0 Å². The maximum Gasteiger partial charge on any atom is 0.325 e. The van der Waals surface area contributed by atoms with Gasteiger partial charge in [-0.3, -0.25) is 14.5 Å². The lowest BCUT2D eigenvalue weighted by molar-refractivity contribution is -0.136. The summed E-state index contributed by atoms with van der Waals surface area (Å²) in [6, 6.07) is 7.20. The van der Waals surface area contributed by atoms with Crippen LogP contribution in [0.4, 0.5) is 4.79 Å². The molecule has 1 aliphatic carbocycles. The SMILES string of the molecule is CC(C)(C)NC(=O)CN1C(=O)N[C@]2(CCCc3ccccc32)C1=O. The molecule has 1 saturated heterocycles. The first-order valence-electron chi connectivity index (χ1n) is 8.26. The molecular formula is C18H23N3O3. The zero-order chi connectivity index (χ0) is 17.5. The van der Waals surface area contributed by atoms with Crippen molar-refractivity contribution >= 4 is 17.8 Å². The Balaban J connectivity index is 1.87. The van der Waals surface area contributed by atoms with Crippen LogP contribution in [0.25, 0.3) is 0 Å². The minimum atomic E-state index is -1.02. The molecular weight excluding hydrogens is 306 g/mol. The fourth-order valence-corrected chi connectivity index (χ4v) is 3.56.